The molecule has 0 saturated carbocycles. The van der Waals surface area contributed by atoms with Crippen molar-refractivity contribution in [2.45, 2.75) is 32.9 Å². The van der Waals surface area contributed by atoms with Crippen molar-refractivity contribution in [1.82, 2.24) is 10.6 Å². The summed E-state index contributed by atoms with van der Waals surface area (Å²) in [5, 5.41) is 5.36. The minimum atomic E-state index is -0.324. The third-order valence-corrected chi connectivity index (χ3v) is 3.47. The molecule has 142 valence electrons. The molecule has 0 atom stereocenters. The molecule has 2 rings (SSSR count). The Labute approximate surface area is 160 Å². The number of amides is 2. The Bertz CT molecular complexity index is 793. The van der Waals surface area contributed by atoms with E-state index in [9.17, 15) is 9.59 Å². The van der Waals surface area contributed by atoms with E-state index in [1.165, 1.54) is 6.08 Å². The Morgan fingerprint density at radius 1 is 1.04 bits per heavy atom. The predicted molar refractivity (Wildman–Crippen MR) is 107 cm³/mol. The van der Waals surface area contributed by atoms with Crippen LogP contribution in [-0.4, -0.2) is 23.9 Å². The smallest absolute Gasteiger partial charge is 0.244 e. The summed E-state index contributed by atoms with van der Waals surface area (Å²) >= 11 is 0. The van der Waals surface area contributed by atoms with Gasteiger partial charge in [-0.15, -0.1) is 0 Å². The molecular weight excluding hydrogens is 340 g/mol. The van der Waals surface area contributed by atoms with Gasteiger partial charge in [0, 0.05) is 11.6 Å². The minimum absolute atomic E-state index is 0.0549. The molecule has 27 heavy (non-hydrogen) atoms. The van der Waals surface area contributed by atoms with Crippen LogP contribution in [0.2, 0.25) is 0 Å². The van der Waals surface area contributed by atoms with Crippen molar-refractivity contribution < 1.29 is 14.3 Å². The third-order valence-electron chi connectivity index (χ3n) is 3.47. The van der Waals surface area contributed by atoms with Crippen LogP contribution in [0.5, 0.6) is 5.75 Å². The summed E-state index contributed by atoms with van der Waals surface area (Å²) in [6.07, 6.45) is 3.09. The fourth-order valence-electron chi connectivity index (χ4n) is 2.31. The first-order valence-electron chi connectivity index (χ1n) is 8.85. The number of ether oxygens (including phenoxy) is 1. The molecule has 0 spiro atoms. The first-order chi connectivity index (χ1) is 12.8. The first-order valence-corrected chi connectivity index (χ1v) is 8.85. The molecule has 0 aromatic heterocycles. The maximum Gasteiger partial charge on any atom is 0.244 e. The molecule has 2 aromatic carbocycles. The van der Waals surface area contributed by atoms with Gasteiger partial charge in [0.15, 0.2) is 0 Å². The number of hydrogen-bond donors (Lipinski definition) is 2. The van der Waals surface area contributed by atoms with Crippen LogP contribution < -0.4 is 15.4 Å². The second kappa shape index (κ2) is 9.57. The number of benzene rings is 2. The van der Waals surface area contributed by atoms with Crippen LogP contribution in [0, 0.1) is 0 Å². The van der Waals surface area contributed by atoms with Gasteiger partial charge in [-0.25, -0.2) is 0 Å². The van der Waals surface area contributed by atoms with Crippen molar-refractivity contribution in [3.8, 4) is 5.75 Å². The maximum absolute atomic E-state index is 11.9. The van der Waals surface area contributed by atoms with E-state index in [4.69, 9.17) is 4.74 Å². The van der Waals surface area contributed by atoms with Crippen LogP contribution in [0.15, 0.2) is 60.7 Å². The molecule has 0 aliphatic rings. The van der Waals surface area contributed by atoms with Crippen LogP contribution in [0.1, 0.15) is 31.9 Å². The average molecular weight is 366 g/mol. The van der Waals surface area contributed by atoms with E-state index in [0.717, 1.165) is 16.9 Å². The Hall–Kier alpha value is -3.08. The van der Waals surface area contributed by atoms with Gasteiger partial charge in [0.05, 0.1) is 6.54 Å². The molecule has 0 radical (unpaired) electrons. The highest BCUT2D eigenvalue weighted by atomic mass is 16.5. The molecule has 2 aromatic rings. The lowest BCUT2D eigenvalue weighted by Gasteiger charge is -2.20. The van der Waals surface area contributed by atoms with Crippen LogP contribution in [0.3, 0.4) is 0 Å². The van der Waals surface area contributed by atoms with Crippen LogP contribution >= 0.6 is 0 Å². The zero-order valence-electron chi connectivity index (χ0n) is 16.0. The highest BCUT2D eigenvalue weighted by Gasteiger charge is 2.13. The van der Waals surface area contributed by atoms with Gasteiger partial charge in [-0.1, -0.05) is 42.5 Å². The molecule has 0 bridgehead atoms. The van der Waals surface area contributed by atoms with Gasteiger partial charge in [-0.3, -0.25) is 9.59 Å². The molecule has 2 amide bonds. The normalized spacial score (nSPS) is 11.2. The van der Waals surface area contributed by atoms with E-state index in [2.05, 4.69) is 10.6 Å². The fraction of sp³-hybridized carbons (Fsp3) is 0.273. The van der Waals surface area contributed by atoms with E-state index < -0.39 is 0 Å². The van der Waals surface area contributed by atoms with E-state index in [-0.39, 0.29) is 23.9 Å². The van der Waals surface area contributed by atoms with Crippen molar-refractivity contribution in [2.24, 2.45) is 0 Å². The predicted octanol–water partition coefficient (Wildman–Crippen LogP) is 3.31. The molecule has 0 aliphatic carbocycles. The summed E-state index contributed by atoms with van der Waals surface area (Å²) in [6.45, 7) is 6.09. The number of carbonyl (C=O) groups excluding carboxylic acids is 2. The van der Waals surface area contributed by atoms with Gasteiger partial charge in [0.2, 0.25) is 11.8 Å². The molecule has 0 unspecified atom stereocenters. The Balaban J connectivity index is 1.83. The summed E-state index contributed by atoms with van der Waals surface area (Å²) in [5.41, 5.74) is 1.61. The van der Waals surface area contributed by atoms with Crippen molar-refractivity contribution in [3.05, 3.63) is 71.8 Å². The zero-order valence-corrected chi connectivity index (χ0v) is 16.0. The number of hydrogen-bond acceptors (Lipinski definition) is 3. The summed E-state index contributed by atoms with van der Waals surface area (Å²) in [7, 11) is 0. The van der Waals surface area contributed by atoms with Gasteiger partial charge in [-0.2, -0.15) is 0 Å². The monoisotopic (exact) mass is 366 g/mol. The van der Waals surface area contributed by atoms with Crippen molar-refractivity contribution in [2.75, 3.05) is 6.54 Å². The molecule has 2 N–H and O–H groups in total. The molecule has 0 aliphatic heterocycles. The van der Waals surface area contributed by atoms with Crippen molar-refractivity contribution in [3.63, 3.8) is 0 Å². The molecular formula is C22H26N2O3. The van der Waals surface area contributed by atoms with Gasteiger partial charge >= 0.3 is 0 Å². The summed E-state index contributed by atoms with van der Waals surface area (Å²) < 4.78 is 5.78. The van der Waals surface area contributed by atoms with Crippen molar-refractivity contribution >= 4 is 17.9 Å². The van der Waals surface area contributed by atoms with E-state index in [1.807, 2.05) is 75.4 Å². The number of nitrogens with one attached hydrogen (secondary N) is 2. The molecule has 0 heterocycles. The SMILES string of the molecule is CC(C)(C)NC(=O)CNC(=O)C=Cc1cccc(OCc2ccccc2)c1. The van der Waals surface area contributed by atoms with Gasteiger partial charge < -0.3 is 15.4 Å². The van der Waals surface area contributed by atoms with Crippen LogP contribution in [0.25, 0.3) is 6.08 Å². The maximum atomic E-state index is 11.9. The van der Waals surface area contributed by atoms with Gasteiger partial charge in [0.25, 0.3) is 0 Å². The van der Waals surface area contributed by atoms with Crippen LogP contribution in [0.4, 0.5) is 0 Å². The van der Waals surface area contributed by atoms with E-state index in [1.54, 1.807) is 6.08 Å². The van der Waals surface area contributed by atoms with Gasteiger partial charge in [0.1, 0.15) is 12.4 Å². The number of carbonyl (C=O) groups is 2. The molecule has 5 heteroatoms. The Morgan fingerprint density at radius 2 is 1.78 bits per heavy atom. The molecule has 0 fully saturated rings. The van der Waals surface area contributed by atoms with E-state index >= 15 is 0 Å². The highest BCUT2D eigenvalue weighted by molar-refractivity contribution is 5.94. The summed E-state index contributed by atoms with van der Waals surface area (Å²) in [6, 6.07) is 17.4. The third kappa shape index (κ3) is 8.23. The zero-order chi connectivity index (χ0) is 19.7. The Morgan fingerprint density at radius 3 is 2.48 bits per heavy atom. The van der Waals surface area contributed by atoms with E-state index in [0.29, 0.717) is 6.61 Å². The average Bonchev–Trinajstić information content (AvgIpc) is 2.63. The molecule has 0 saturated heterocycles. The topological polar surface area (TPSA) is 67.4 Å². The second-order valence-electron chi connectivity index (χ2n) is 7.20. The highest BCUT2D eigenvalue weighted by Crippen LogP contribution is 2.16. The standard InChI is InChI=1S/C22H26N2O3/c1-22(2,3)24-21(26)15-23-20(25)13-12-17-10-7-11-19(14-17)27-16-18-8-5-4-6-9-18/h4-14H,15-16H2,1-3H3,(H,23,25)(H,24,26). The Kier molecular flexibility index (Phi) is 7.17. The first kappa shape index (κ1) is 20.2. The lowest BCUT2D eigenvalue weighted by atomic mass is 10.1. The quantitative estimate of drug-likeness (QED) is 0.739. The lowest BCUT2D eigenvalue weighted by molar-refractivity contribution is -0.124. The minimum Gasteiger partial charge on any atom is -0.489 e. The van der Waals surface area contributed by atoms with Crippen LogP contribution in [-0.2, 0) is 16.2 Å². The largest absolute Gasteiger partial charge is 0.489 e. The summed E-state index contributed by atoms with van der Waals surface area (Å²) in [4.78, 5) is 23.6. The fourth-order valence-corrected chi connectivity index (χ4v) is 2.31. The van der Waals surface area contributed by atoms with Gasteiger partial charge in [-0.05, 0) is 50.1 Å². The van der Waals surface area contributed by atoms with Crippen molar-refractivity contribution in [1.29, 1.82) is 0 Å². The summed E-state index contributed by atoms with van der Waals surface area (Å²) in [5.74, 6) is 0.182. The lowest BCUT2D eigenvalue weighted by Crippen LogP contribution is -2.45. The second-order valence-corrected chi connectivity index (χ2v) is 7.20. The molecule has 5 nitrogen and oxygen atoms in total. The number of rotatable bonds is 7.